The van der Waals surface area contributed by atoms with Gasteiger partial charge in [-0.05, 0) is 6.42 Å². The highest BCUT2D eigenvalue weighted by atomic mass is 16.5. The summed E-state index contributed by atoms with van der Waals surface area (Å²) in [6.45, 7) is 2.16. The Balaban J connectivity index is 3.83. The van der Waals surface area contributed by atoms with E-state index in [1.165, 1.54) is 32.8 Å². The largest absolute Gasteiger partial charge is 0.480 e. The predicted molar refractivity (Wildman–Crippen MR) is 78.8 cm³/mol. The third-order valence-electron chi connectivity index (χ3n) is 3.24. The van der Waals surface area contributed by atoms with E-state index in [9.17, 15) is 14.4 Å². The summed E-state index contributed by atoms with van der Waals surface area (Å²) in [7, 11) is 1.18. The van der Waals surface area contributed by atoms with E-state index in [1.807, 2.05) is 0 Å². The van der Waals surface area contributed by atoms with Gasteiger partial charge in [0, 0.05) is 6.42 Å². The monoisotopic (exact) mass is 301 g/mol. The van der Waals surface area contributed by atoms with E-state index in [-0.39, 0.29) is 12.3 Å². The molecule has 0 rings (SSSR count). The zero-order chi connectivity index (χ0) is 16.1. The second-order valence-electron chi connectivity index (χ2n) is 5.11. The molecule has 0 bridgehead atoms. The minimum Gasteiger partial charge on any atom is -0.480 e. The van der Waals surface area contributed by atoms with Crippen LogP contribution in [0, 0.1) is 0 Å². The lowest BCUT2D eigenvalue weighted by Crippen LogP contribution is -2.42. The van der Waals surface area contributed by atoms with Gasteiger partial charge in [-0.3, -0.25) is 9.59 Å². The second kappa shape index (κ2) is 12.2. The number of carboxylic acid groups (broad SMARTS) is 1. The molecule has 1 amide bonds. The highest BCUT2D eigenvalue weighted by molar-refractivity contribution is 5.87. The predicted octanol–water partition coefficient (Wildman–Crippen LogP) is 2.26. The Hall–Kier alpha value is -1.59. The zero-order valence-electron chi connectivity index (χ0n) is 13.0. The molecule has 0 aliphatic rings. The van der Waals surface area contributed by atoms with Gasteiger partial charge in [0.2, 0.25) is 5.91 Å². The van der Waals surface area contributed by atoms with Crippen LogP contribution in [-0.4, -0.2) is 36.1 Å². The summed E-state index contributed by atoms with van der Waals surface area (Å²) in [5, 5.41) is 11.3. The molecule has 0 aromatic carbocycles. The SMILES string of the molecule is CCCCCCCCCC(=O)N[C@@H](CC(=O)OC)C(=O)O. The Morgan fingerprint density at radius 1 is 1.05 bits per heavy atom. The lowest BCUT2D eigenvalue weighted by Gasteiger charge is -2.13. The molecule has 0 fully saturated rings. The molecule has 0 aromatic heterocycles. The summed E-state index contributed by atoms with van der Waals surface area (Å²) < 4.78 is 4.40. The minimum atomic E-state index is -1.23. The van der Waals surface area contributed by atoms with Crippen molar-refractivity contribution in [3.8, 4) is 0 Å². The number of amides is 1. The maximum absolute atomic E-state index is 11.6. The summed E-state index contributed by atoms with van der Waals surface area (Å²) in [6.07, 6.45) is 7.59. The van der Waals surface area contributed by atoms with Crippen LogP contribution in [0.1, 0.15) is 64.7 Å². The number of rotatable bonds is 12. The van der Waals surface area contributed by atoms with Crippen LogP contribution in [0.3, 0.4) is 0 Å². The van der Waals surface area contributed by atoms with E-state index in [0.29, 0.717) is 6.42 Å². The lowest BCUT2D eigenvalue weighted by atomic mass is 10.1. The highest BCUT2D eigenvalue weighted by Crippen LogP contribution is 2.08. The standard InChI is InChI=1S/C15H27NO5/c1-3-4-5-6-7-8-9-10-13(17)16-12(15(19)20)11-14(18)21-2/h12H,3-11H2,1-2H3,(H,16,17)(H,19,20)/t12-/m0/s1. The van der Waals surface area contributed by atoms with Crippen molar-refractivity contribution in [2.75, 3.05) is 7.11 Å². The van der Waals surface area contributed by atoms with Crippen LogP contribution in [0.15, 0.2) is 0 Å². The second-order valence-corrected chi connectivity index (χ2v) is 5.11. The fraction of sp³-hybridized carbons (Fsp3) is 0.800. The molecule has 21 heavy (non-hydrogen) atoms. The number of carbonyl (C=O) groups is 3. The Labute approximate surface area is 126 Å². The van der Waals surface area contributed by atoms with E-state index in [0.717, 1.165) is 19.3 Å². The highest BCUT2D eigenvalue weighted by Gasteiger charge is 2.23. The van der Waals surface area contributed by atoms with E-state index in [4.69, 9.17) is 5.11 Å². The van der Waals surface area contributed by atoms with Crippen molar-refractivity contribution in [1.29, 1.82) is 0 Å². The van der Waals surface area contributed by atoms with Crippen molar-refractivity contribution in [2.45, 2.75) is 70.8 Å². The molecule has 0 saturated carbocycles. The van der Waals surface area contributed by atoms with Gasteiger partial charge >= 0.3 is 11.9 Å². The Kier molecular flexibility index (Phi) is 11.3. The van der Waals surface area contributed by atoms with E-state index >= 15 is 0 Å². The number of methoxy groups -OCH3 is 1. The summed E-state index contributed by atoms with van der Waals surface area (Å²) in [5.41, 5.74) is 0. The number of carbonyl (C=O) groups excluding carboxylic acids is 2. The average molecular weight is 301 g/mol. The van der Waals surface area contributed by atoms with Gasteiger partial charge in [-0.1, -0.05) is 45.4 Å². The number of nitrogens with one attached hydrogen (secondary N) is 1. The lowest BCUT2D eigenvalue weighted by molar-refractivity contribution is -0.148. The number of carboxylic acids is 1. The maximum atomic E-state index is 11.6. The molecule has 122 valence electrons. The van der Waals surface area contributed by atoms with Crippen molar-refractivity contribution in [1.82, 2.24) is 5.32 Å². The number of ether oxygens (including phenoxy) is 1. The van der Waals surface area contributed by atoms with E-state index < -0.39 is 18.0 Å². The molecule has 6 heteroatoms. The van der Waals surface area contributed by atoms with Crippen molar-refractivity contribution >= 4 is 17.8 Å². The Morgan fingerprint density at radius 3 is 2.14 bits per heavy atom. The van der Waals surface area contributed by atoms with Crippen LogP contribution in [-0.2, 0) is 19.1 Å². The molecule has 0 aliphatic heterocycles. The third kappa shape index (κ3) is 10.8. The van der Waals surface area contributed by atoms with Crippen LogP contribution in [0.4, 0.5) is 0 Å². The van der Waals surface area contributed by atoms with Crippen molar-refractivity contribution in [3.05, 3.63) is 0 Å². The molecule has 0 heterocycles. The summed E-state index contributed by atoms with van der Waals surface area (Å²) in [4.78, 5) is 33.6. The number of esters is 1. The fourth-order valence-corrected chi connectivity index (χ4v) is 1.96. The smallest absolute Gasteiger partial charge is 0.326 e. The van der Waals surface area contributed by atoms with Gasteiger partial charge in [0.05, 0.1) is 13.5 Å². The molecule has 0 aromatic rings. The first-order valence-electron chi connectivity index (χ1n) is 7.60. The first-order valence-corrected chi connectivity index (χ1v) is 7.60. The van der Waals surface area contributed by atoms with Crippen LogP contribution in [0.2, 0.25) is 0 Å². The topological polar surface area (TPSA) is 92.7 Å². The van der Waals surface area contributed by atoms with Gasteiger partial charge in [0.25, 0.3) is 0 Å². The normalized spacial score (nSPS) is 11.7. The van der Waals surface area contributed by atoms with Crippen LogP contribution in [0.25, 0.3) is 0 Å². The van der Waals surface area contributed by atoms with Gasteiger partial charge in [-0.2, -0.15) is 0 Å². The van der Waals surface area contributed by atoms with Crippen LogP contribution < -0.4 is 5.32 Å². The van der Waals surface area contributed by atoms with Gasteiger partial charge in [0.15, 0.2) is 0 Å². The molecule has 0 spiro atoms. The summed E-state index contributed by atoms with van der Waals surface area (Å²) in [6, 6.07) is -1.21. The summed E-state index contributed by atoms with van der Waals surface area (Å²) in [5.74, 6) is -2.22. The fourth-order valence-electron chi connectivity index (χ4n) is 1.96. The summed E-state index contributed by atoms with van der Waals surface area (Å²) >= 11 is 0. The Morgan fingerprint density at radius 2 is 1.62 bits per heavy atom. The number of hydrogen-bond donors (Lipinski definition) is 2. The zero-order valence-corrected chi connectivity index (χ0v) is 13.0. The molecular weight excluding hydrogens is 274 g/mol. The first-order chi connectivity index (χ1) is 10.0. The average Bonchev–Trinajstić information content (AvgIpc) is 2.45. The van der Waals surface area contributed by atoms with Crippen LogP contribution >= 0.6 is 0 Å². The quantitative estimate of drug-likeness (QED) is 0.426. The van der Waals surface area contributed by atoms with Crippen molar-refractivity contribution in [2.24, 2.45) is 0 Å². The number of hydrogen-bond acceptors (Lipinski definition) is 4. The molecule has 1 atom stereocenters. The number of aliphatic carboxylic acids is 1. The van der Waals surface area contributed by atoms with Gasteiger partial charge in [-0.15, -0.1) is 0 Å². The first kappa shape index (κ1) is 19.4. The van der Waals surface area contributed by atoms with E-state index in [1.54, 1.807) is 0 Å². The Bertz CT molecular complexity index is 330. The van der Waals surface area contributed by atoms with Crippen molar-refractivity contribution < 1.29 is 24.2 Å². The molecule has 0 unspecified atom stereocenters. The van der Waals surface area contributed by atoms with Gasteiger partial charge in [0.1, 0.15) is 6.04 Å². The molecule has 0 saturated heterocycles. The maximum Gasteiger partial charge on any atom is 0.326 e. The third-order valence-corrected chi connectivity index (χ3v) is 3.24. The van der Waals surface area contributed by atoms with Gasteiger partial charge in [-0.25, -0.2) is 4.79 Å². The molecule has 2 N–H and O–H groups in total. The van der Waals surface area contributed by atoms with Crippen LogP contribution in [0.5, 0.6) is 0 Å². The molecular formula is C15H27NO5. The van der Waals surface area contributed by atoms with Gasteiger partial charge < -0.3 is 15.2 Å². The molecule has 6 nitrogen and oxygen atoms in total. The number of unbranched alkanes of at least 4 members (excludes halogenated alkanes) is 6. The van der Waals surface area contributed by atoms with Crippen molar-refractivity contribution in [3.63, 3.8) is 0 Å². The molecule has 0 aliphatic carbocycles. The minimum absolute atomic E-state index is 0.290. The molecule has 0 radical (unpaired) electrons. The van der Waals surface area contributed by atoms with E-state index in [2.05, 4.69) is 17.0 Å².